The lowest BCUT2D eigenvalue weighted by Crippen LogP contribution is -2.39. The third kappa shape index (κ3) is 3.89. The van der Waals surface area contributed by atoms with Crippen molar-refractivity contribution in [3.63, 3.8) is 0 Å². The van der Waals surface area contributed by atoms with Crippen LogP contribution in [0.15, 0.2) is 69.6 Å². The summed E-state index contributed by atoms with van der Waals surface area (Å²) >= 11 is 1.22. The van der Waals surface area contributed by atoms with E-state index in [0.29, 0.717) is 26.3 Å². The third-order valence-electron chi connectivity index (χ3n) is 5.13. The van der Waals surface area contributed by atoms with Crippen molar-refractivity contribution >= 4 is 23.4 Å². The molecule has 0 radical (unpaired) electrons. The van der Waals surface area contributed by atoms with E-state index < -0.39 is 17.8 Å². The first-order valence-corrected chi connectivity index (χ1v) is 10.8. The van der Waals surface area contributed by atoms with Gasteiger partial charge >= 0.3 is 5.97 Å². The SMILES string of the molecule is CCOC(=O)C1=C(C)N=c2s/c(=C/c3ccccc3OC)c(=O)n2[C@H]1c1ccc(F)cc1. The van der Waals surface area contributed by atoms with E-state index in [1.165, 1.54) is 28.0 Å². The number of fused-ring (bicyclic) bond motifs is 1. The van der Waals surface area contributed by atoms with E-state index in [1.54, 1.807) is 39.2 Å². The number of thiazole rings is 1. The summed E-state index contributed by atoms with van der Waals surface area (Å²) in [6.45, 7) is 3.60. The summed E-state index contributed by atoms with van der Waals surface area (Å²) in [6, 6.07) is 12.3. The molecular formula is C24H21FN2O4S. The standard InChI is InChI=1S/C24H21FN2O4S/c1-4-31-23(29)20-14(2)26-24-27(21(20)15-9-11-17(25)12-10-15)22(28)19(32-24)13-16-7-5-6-8-18(16)30-3/h5-13,21H,4H2,1-3H3/b19-13+/t21-/m0/s1. The number of nitrogens with zero attached hydrogens (tertiary/aromatic N) is 2. The van der Waals surface area contributed by atoms with Crippen LogP contribution in [0.2, 0.25) is 0 Å². The second-order valence-corrected chi connectivity index (χ2v) is 8.10. The van der Waals surface area contributed by atoms with Gasteiger partial charge in [-0.05, 0) is 43.7 Å². The van der Waals surface area contributed by atoms with Crippen molar-refractivity contribution in [1.82, 2.24) is 4.57 Å². The monoisotopic (exact) mass is 452 g/mol. The maximum Gasteiger partial charge on any atom is 0.338 e. The minimum atomic E-state index is -0.772. The Labute approximate surface area is 187 Å². The zero-order valence-electron chi connectivity index (χ0n) is 17.8. The maximum atomic E-state index is 13.6. The number of hydrogen-bond donors (Lipinski definition) is 0. The van der Waals surface area contributed by atoms with Crippen LogP contribution in [-0.4, -0.2) is 24.3 Å². The topological polar surface area (TPSA) is 69.9 Å². The van der Waals surface area contributed by atoms with Crippen molar-refractivity contribution in [2.24, 2.45) is 4.99 Å². The van der Waals surface area contributed by atoms with E-state index in [-0.39, 0.29) is 17.7 Å². The molecule has 8 heteroatoms. The fourth-order valence-corrected chi connectivity index (χ4v) is 4.72. The van der Waals surface area contributed by atoms with Crippen LogP contribution in [-0.2, 0) is 9.53 Å². The number of esters is 1. The number of halogens is 1. The van der Waals surface area contributed by atoms with Gasteiger partial charge in [0.1, 0.15) is 11.6 Å². The Kier molecular flexibility index (Phi) is 6.05. The smallest absolute Gasteiger partial charge is 0.338 e. The average Bonchev–Trinajstić information content (AvgIpc) is 3.08. The Hall–Kier alpha value is -3.52. The van der Waals surface area contributed by atoms with Crippen LogP contribution in [0.3, 0.4) is 0 Å². The maximum absolute atomic E-state index is 13.6. The van der Waals surface area contributed by atoms with E-state index in [1.807, 2.05) is 24.3 Å². The molecule has 1 aliphatic heterocycles. The molecule has 0 unspecified atom stereocenters. The first-order valence-electron chi connectivity index (χ1n) is 10.0. The third-order valence-corrected chi connectivity index (χ3v) is 6.11. The quantitative estimate of drug-likeness (QED) is 0.558. The van der Waals surface area contributed by atoms with Crippen molar-refractivity contribution < 1.29 is 18.7 Å². The molecule has 32 heavy (non-hydrogen) atoms. The lowest BCUT2D eigenvalue weighted by atomic mass is 9.96. The number of rotatable bonds is 5. The largest absolute Gasteiger partial charge is 0.496 e. The predicted octanol–water partition coefficient (Wildman–Crippen LogP) is 2.95. The summed E-state index contributed by atoms with van der Waals surface area (Å²) in [4.78, 5) is 31.3. The van der Waals surface area contributed by atoms with E-state index in [0.717, 1.165) is 5.56 Å². The molecular weight excluding hydrogens is 431 g/mol. The van der Waals surface area contributed by atoms with Crippen LogP contribution in [0.4, 0.5) is 4.39 Å². The van der Waals surface area contributed by atoms with Gasteiger partial charge in [-0.2, -0.15) is 0 Å². The van der Waals surface area contributed by atoms with Gasteiger partial charge in [-0.15, -0.1) is 0 Å². The molecule has 1 aliphatic rings. The molecule has 0 saturated heterocycles. The number of benzene rings is 2. The number of ether oxygens (including phenoxy) is 2. The molecule has 0 spiro atoms. The number of allylic oxidation sites excluding steroid dienone is 1. The van der Waals surface area contributed by atoms with Gasteiger partial charge in [-0.25, -0.2) is 14.2 Å². The van der Waals surface area contributed by atoms with Crippen LogP contribution in [0.1, 0.15) is 31.0 Å². The molecule has 6 nitrogen and oxygen atoms in total. The van der Waals surface area contributed by atoms with Gasteiger partial charge in [-0.3, -0.25) is 9.36 Å². The summed E-state index contributed by atoms with van der Waals surface area (Å²) in [6.07, 6.45) is 1.74. The Bertz CT molecular complexity index is 1390. The molecule has 164 valence electrons. The van der Waals surface area contributed by atoms with Crippen LogP contribution in [0.5, 0.6) is 5.75 Å². The average molecular weight is 453 g/mol. The van der Waals surface area contributed by atoms with Gasteiger partial charge in [0.25, 0.3) is 5.56 Å². The lowest BCUT2D eigenvalue weighted by molar-refractivity contribution is -0.139. The second kappa shape index (κ2) is 8.92. The number of methoxy groups -OCH3 is 1. The number of carbonyl (C=O) groups is 1. The molecule has 0 saturated carbocycles. The van der Waals surface area contributed by atoms with Crippen molar-refractivity contribution in [3.8, 4) is 5.75 Å². The van der Waals surface area contributed by atoms with Crippen LogP contribution < -0.4 is 19.6 Å². The fourth-order valence-electron chi connectivity index (χ4n) is 3.68. The second-order valence-electron chi connectivity index (χ2n) is 7.10. The molecule has 0 N–H and O–H groups in total. The molecule has 0 fully saturated rings. The highest BCUT2D eigenvalue weighted by Gasteiger charge is 2.33. The summed E-state index contributed by atoms with van der Waals surface area (Å²) in [7, 11) is 1.57. The Morgan fingerprint density at radius 2 is 1.94 bits per heavy atom. The van der Waals surface area contributed by atoms with Crippen molar-refractivity contribution in [3.05, 3.63) is 96.4 Å². The molecule has 1 atom stereocenters. The summed E-state index contributed by atoms with van der Waals surface area (Å²) < 4.78 is 26.1. The van der Waals surface area contributed by atoms with Gasteiger partial charge in [0.2, 0.25) is 0 Å². The van der Waals surface area contributed by atoms with Crippen LogP contribution in [0.25, 0.3) is 6.08 Å². The fraction of sp³-hybridized carbons (Fsp3) is 0.208. The molecule has 0 amide bonds. The number of hydrogen-bond acceptors (Lipinski definition) is 6. The molecule has 2 heterocycles. The minimum absolute atomic E-state index is 0.184. The minimum Gasteiger partial charge on any atom is -0.496 e. The normalized spacial score (nSPS) is 15.9. The van der Waals surface area contributed by atoms with E-state index >= 15 is 0 Å². The first kappa shape index (κ1) is 21.7. The van der Waals surface area contributed by atoms with Crippen LogP contribution >= 0.6 is 11.3 Å². The van der Waals surface area contributed by atoms with E-state index in [2.05, 4.69) is 4.99 Å². The molecule has 3 aromatic rings. The van der Waals surface area contributed by atoms with Crippen molar-refractivity contribution in [2.45, 2.75) is 19.9 Å². The van der Waals surface area contributed by atoms with Gasteiger partial charge in [0, 0.05) is 5.56 Å². The Balaban J connectivity index is 1.97. The van der Waals surface area contributed by atoms with E-state index in [9.17, 15) is 14.0 Å². The molecule has 0 aliphatic carbocycles. The number of aromatic nitrogens is 1. The van der Waals surface area contributed by atoms with Crippen molar-refractivity contribution in [1.29, 1.82) is 0 Å². The number of carbonyl (C=O) groups excluding carboxylic acids is 1. The highest BCUT2D eigenvalue weighted by molar-refractivity contribution is 7.07. The zero-order valence-corrected chi connectivity index (χ0v) is 18.6. The molecule has 2 aromatic carbocycles. The van der Waals surface area contributed by atoms with Crippen molar-refractivity contribution in [2.75, 3.05) is 13.7 Å². The zero-order chi connectivity index (χ0) is 22.8. The van der Waals surface area contributed by atoms with Crippen LogP contribution in [0, 0.1) is 5.82 Å². The summed E-state index contributed by atoms with van der Waals surface area (Å²) in [5.74, 6) is -0.324. The van der Waals surface area contributed by atoms with Gasteiger partial charge < -0.3 is 9.47 Å². The number of para-hydroxylation sites is 1. The van der Waals surface area contributed by atoms with Gasteiger partial charge in [0.05, 0.1) is 35.6 Å². The summed E-state index contributed by atoms with van der Waals surface area (Å²) in [5.41, 5.74) is 1.76. The van der Waals surface area contributed by atoms with Gasteiger partial charge in [0.15, 0.2) is 4.80 Å². The predicted molar refractivity (Wildman–Crippen MR) is 120 cm³/mol. The molecule has 0 bridgehead atoms. The summed E-state index contributed by atoms with van der Waals surface area (Å²) in [5, 5.41) is 0. The first-order chi connectivity index (χ1) is 15.4. The molecule has 4 rings (SSSR count). The Morgan fingerprint density at radius 3 is 2.62 bits per heavy atom. The molecule has 1 aromatic heterocycles. The van der Waals surface area contributed by atoms with E-state index in [4.69, 9.17) is 9.47 Å². The highest BCUT2D eigenvalue weighted by Crippen LogP contribution is 2.30. The van der Waals surface area contributed by atoms with Gasteiger partial charge in [-0.1, -0.05) is 41.7 Å². The highest BCUT2D eigenvalue weighted by atomic mass is 32.1. The Morgan fingerprint density at radius 1 is 1.22 bits per heavy atom. The lowest BCUT2D eigenvalue weighted by Gasteiger charge is -2.24.